The van der Waals surface area contributed by atoms with E-state index in [1.54, 1.807) is 17.2 Å². The molecule has 1 N–H and O–H groups in total. The third-order valence-electron chi connectivity index (χ3n) is 4.67. The number of morpholine rings is 1. The summed E-state index contributed by atoms with van der Waals surface area (Å²) in [5.41, 5.74) is 1.41. The van der Waals surface area contributed by atoms with Crippen molar-refractivity contribution in [1.29, 1.82) is 0 Å². The number of benzene rings is 2. The Morgan fingerprint density at radius 1 is 1.13 bits per heavy atom. The number of carbonyl (C=O) groups excluding carboxylic acids is 2. The van der Waals surface area contributed by atoms with Crippen molar-refractivity contribution in [1.82, 2.24) is 10.0 Å². The second-order valence-electron chi connectivity index (χ2n) is 6.80. The van der Waals surface area contributed by atoms with Gasteiger partial charge in [0, 0.05) is 24.3 Å². The number of ether oxygens (including phenoxy) is 2. The first-order valence-electron chi connectivity index (χ1n) is 9.79. The van der Waals surface area contributed by atoms with E-state index in [0.717, 1.165) is 0 Å². The number of hydrazine groups is 1. The lowest BCUT2D eigenvalue weighted by molar-refractivity contribution is -0.138. The van der Waals surface area contributed by atoms with Gasteiger partial charge in [-0.3, -0.25) is 9.59 Å². The molecule has 0 spiro atoms. The summed E-state index contributed by atoms with van der Waals surface area (Å²) < 4.78 is 11.6. The molecule has 0 saturated carbocycles. The quantitative estimate of drug-likeness (QED) is 0.530. The molecule has 2 fully saturated rings. The lowest BCUT2D eigenvalue weighted by Gasteiger charge is -2.33. The number of nitrogens with zero attached hydrogens (tertiary/aromatic N) is 2. The fourth-order valence-electron chi connectivity index (χ4n) is 3.19. The van der Waals surface area contributed by atoms with Crippen molar-refractivity contribution in [2.45, 2.75) is 0 Å². The van der Waals surface area contributed by atoms with Gasteiger partial charge in [0.15, 0.2) is 10.9 Å². The lowest BCUT2D eigenvalue weighted by Crippen LogP contribution is -2.50. The molecule has 0 aliphatic carbocycles. The Bertz CT molecular complexity index is 1010. The van der Waals surface area contributed by atoms with Crippen LogP contribution in [-0.2, 0) is 14.3 Å². The molecule has 0 aromatic heterocycles. The highest BCUT2D eigenvalue weighted by atomic mass is 32.2. The zero-order valence-electron chi connectivity index (χ0n) is 16.7. The van der Waals surface area contributed by atoms with E-state index in [-0.39, 0.29) is 18.4 Å². The van der Waals surface area contributed by atoms with Crippen LogP contribution < -0.4 is 10.1 Å². The van der Waals surface area contributed by atoms with Gasteiger partial charge in [-0.25, -0.2) is 10.0 Å². The normalized spacial score (nSPS) is 18.5. The van der Waals surface area contributed by atoms with Crippen LogP contribution in [0.15, 0.2) is 59.5 Å². The number of hydrogen-bond donors (Lipinski definition) is 1. The average molecular weight is 456 g/mol. The third kappa shape index (κ3) is 5.31. The molecule has 0 atom stereocenters. The molecular weight excluding hydrogens is 434 g/mol. The minimum absolute atomic E-state index is 0.144. The summed E-state index contributed by atoms with van der Waals surface area (Å²) in [4.78, 5) is 25.7. The molecule has 160 valence electrons. The van der Waals surface area contributed by atoms with Crippen LogP contribution in [-0.4, -0.2) is 59.1 Å². The van der Waals surface area contributed by atoms with Crippen LogP contribution >= 0.6 is 24.0 Å². The first-order valence-corrected chi connectivity index (χ1v) is 11.0. The minimum atomic E-state index is -0.264. The molecule has 2 saturated heterocycles. The summed E-state index contributed by atoms with van der Waals surface area (Å²) >= 11 is 6.69. The van der Waals surface area contributed by atoms with E-state index < -0.39 is 0 Å². The predicted octanol–water partition coefficient (Wildman–Crippen LogP) is 3.15. The second-order valence-corrected chi connectivity index (χ2v) is 8.48. The number of para-hydroxylation sites is 2. The number of hydrogen-bond acceptors (Lipinski definition) is 7. The van der Waals surface area contributed by atoms with Crippen molar-refractivity contribution >= 4 is 51.9 Å². The maximum atomic E-state index is 13.0. The van der Waals surface area contributed by atoms with E-state index >= 15 is 0 Å². The van der Waals surface area contributed by atoms with Crippen molar-refractivity contribution in [2.24, 2.45) is 0 Å². The molecule has 0 unspecified atom stereocenters. The van der Waals surface area contributed by atoms with Gasteiger partial charge in [-0.15, -0.1) is 0 Å². The molecule has 0 bridgehead atoms. The molecule has 4 rings (SSSR count). The van der Waals surface area contributed by atoms with Crippen LogP contribution in [0.1, 0.15) is 5.56 Å². The number of anilines is 1. The Morgan fingerprint density at radius 3 is 2.61 bits per heavy atom. The topological polar surface area (TPSA) is 71.1 Å². The van der Waals surface area contributed by atoms with E-state index in [1.165, 1.54) is 11.8 Å². The summed E-state index contributed by atoms with van der Waals surface area (Å²) in [5.74, 6) is 0.0931. The highest BCUT2D eigenvalue weighted by Crippen LogP contribution is 2.35. The highest BCUT2D eigenvalue weighted by molar-refractivity contribution is 8.26. The van der Waals surface area contributed by atoms with Crippen molar-refractivity contribution in [3.8, 4) is 5.75 Å². The minimum Gasteiger partial charge on any atom is -0.483 e. The van der Waals surface area contributed by atoms with Gasteiger partial charge in [-0.2, -0.15) is 0 Å². The number of carbonyl (C=O) groups is 2. The summed E-state index contributed by atoms with van der Waals surface area (Å²) in [5, 5.41) is 6.24. The molecule has 7 nitrogen and oxygen atoms in total. The molecule has 2 aliphatic rings. The van der Waals surface area contributed by atoms with Crippen molar-refractivity contribution in [3.05, 3.63) is 65.1 Å². The second kappa shape index (κ2) is 10.1. The smallest absolute Gasteiger partial charge is 0.280 e. The average Bonchev–Trinajstić information content (AvgIpc) is 3.07. The van der Waals surface area contributed by atoms with Crippen molar-refractivity contribution in [3.63, 3.8) is 0 Å². The van der Waals surface area contributed by atoms with Gasteiger partial charge in [0.1, 0.15) is 5.75 Å². The maximum absolute atomic E-state index is 13.0. The van der Waals surface area contributed by atoms with E-state index in [2.05, 4.69) is 5.32 Å². The van der Waals surface area contributed by atoms with Crippen molar-refractivity contribution < 1.29 is 19.1 Å². The standard InChI is InChI=1S/C22H21N3O4S2/c26-20(23-17-7-2-1-3-8-17)15-29-18-9-5-4-6-16(18)14-19-21(27)25(22(30)31-19)24-10-12-28-13-11-24/h1-9,14H,10-13,15H2,(H,23,26)/b19-14-. The Hall–Kier alpha value is -2.72. The van der Waals surface area contributed by atoms with Crippen molar-refractivity contribution in [2.75, 3.05) is 38.2 Å². The number of nitrogens with one attached hydrogen (secondary N) is 1. The Morgan fingerprint density at radius 2 is 1.84 bits per heavy atom. The van der Waals surface area contributed by atoms with Crippen LogP contribution in [0.25, 0.3) is 6.08 Å². The van der Waals surface area contributed by atoms with E-state index in [0.29, 0.717) is 52.5 Å². The van der Waals surface area contributed by atoms with Crippen LogP contribution in [0.5, 0.6) is 5.75 Å². The summed E-state index contributed by atoms with van der Waals surface area (Å²) in [7, 11) is 0. The van der Waals surface area contributed by atoms with Gasteiger partial charge in [0.05, 0.1) is 18.1 Å². The van der Waals surface area contributed by atoms with Gasteiger partial charge >= 0.3 is 0 Å². The Labute approximate surface area is 190 Å². The zero-order chi connectivity index (χ0) is 21.6. The molecule has 2 aromatic carbocycles. The number of thioether (sulfide) groups is 1. The zero-order valence-corrected chi connectivity index (χ0v) is 18.3. The summed E-state index contributed by atoms with van der Waals surface area (Å²) in [6.45, 7) is 2.23. The van der Waals surface area contributed by atoms with Gasteiger partial charge in [-0.1, -0.05) is 60.4 Å². The van der Waals surface area contributed by atoms with Gasteiger partial charge in [0.2, 0.25) is 0 Å². The Balaban J connectivity index is 1.44. The highest BCUT2D eigenvalue weighted by Gasteiger charge is 2.37. The number of thiocarbonyl (C=S) groups is 1. The Kier molecular flexibility index (Phi) is 6.98. The molecule has 2 amide bonds. The molecule has 2 heterocycles. The fourth-order valence-corrected chi connectivity index (χ4v) is 4.49. The molecule has 2 aromatic rings. The summed E-state index contributed by atoms with van der Waals surface area (Å²) in [6.07, 6.45) is 1.75. The first kappa shape index (κ1) is 21.5. The van der Waals surface area contributed by atoms with Crippen LogP contribution in [0.2, 0.25) is 0 Å². The largest absolute Gasteiger partial charge is 0.483 e. The first-order chi connectivity index (χ1) is 15.1. The van der Waals surface area contributed by atoms with Crippen LogP contribution in [0, 0.1) is 0 Å². The number of rotatable bonds is 6. The van der Waals surface area contributed by atoms with Crippen LogP contribution in [0.3, 0.4) is 0 Å². The fraction of sp³-hybridized carbons (Fsp3) is 0.227. The SMILES string of the molecule is O=C(COc1ccccc1/C=C1\SC(=S)N(N2CCOCC2)C1=O)Nc1ccccc1. The third-order valence-corrected chi connectivity index (χ3v) is 5.95. The van der Waals surface area contributed by atoms with E-state index in [9.17, 15) is 9.59 Å². The maximum Gasteiger partial charge on any atom is 0.280 e. The van der Waals surface area contributed by atoms with E-state index in [1.807, 2.05) is 53.5 Å². The van der Waals surface area contributed by atoms with Crippen LogP contribution in [0.4, 0.5) is 5.69 Å². The molecule has 0 radical (unpaired) electrons. The van der Waals surface area contributed by atoms with Gasteiger partial charge in [-0.05, 0) is 24.3 Å². The molecular formula is C22H21N3O4S2. The predicted molar refractivity (Wildman–Crippen MR) is 124 cm³/mol. The molecule has 9 heteroatoms. The summed E-state index contributed by atoms with van der Waals surface area (Å²) in [6, 6.07) is 16.5. The lowest BCUT2D eigenvalue weighted by atomic mass is 10.2. The van der Waals surface area contributed by atoms with Gasteiger partial charge < -0.3 is 14.8 Å². The monoisotopic (exact) mass is 455 g/mol. The number of amides is 2. The van der Waals surface area contributed by atoms with E-state index in [4.69, 9.17) is 21.7 Å². The molecule has 2 aliphatic heterocycles. The molecule has 31 heavy (non-hydrogen) atoms. The van der Waals surface area contributed by atoms with Gasteiger partial charge in [0.25, 0.3) is 11.8 Å².